The number of oxazole rings is 1. The summed E-state index contributed by atoms with van der Waals surface area (Å²) in [4.78, 5) is 15.8. The third kappa shape index (κ3) is 2.10. The first-order chi connectivity index (χ1) is 7.31. The number of hydrogen-bond donors (Lipinski definition) is 0. The molecule has 0 aliphatic carbocycles. The Labute approximate surface area is 91.5 Å². The molecule has 15 heavy (non-hydrogen) atoms. The highest BCUT2D eigenvalue weighted by molar-refractivity contribution is 7.98. The summed E-state index contributed by atoms with van der Waals surface area (Å²) in [5.74, 6) is 0.147. The molecule has 0 unspecified atom stereocenters. The molecule has 0 N–H and O–H groups in total. The number of hydrogen-bond acceptors (Lipinski definition) is 4. The van der Waals surface area contributed by atoms with E-state index in [9.17, 15) is 4.79 Å². The van der Waals surface area contributed by atoms with Gasteiger partial charge in [0.2, 0.25) is 5.78 Å². The fourth-order valence-corrected chi connectivity index (χ4v) is 1.52. The maximum atomic E-state index is 11.8. The van der Waals surface area contributed by atoms with Gasteiger partial charge in [-0.1, -0.05) is 42.1 Å². The predicted molar refractivity (Wildman–Crippen MR) is 58.2 cm³/mol. The van der Waals surface area contributed by atoms with E-state index in [4.69, 9.17) is 4.42 Å². The van der Waals surface area contributed by atoms with Crippen LogP contribution in [0.15, 0.2) is 46.2 Å². The van der Waals surface area contributed by atoms with Crippen LogP contribution in [0.25, 0.3) is 0 Å². The van der Waals surface area contributed by atoms with E-state index in [0.29, 0.717) is 10.8 Å². The van der Waals surface area contributed by atoms with Gasteiger partial charge in [-0.05, 0) is 6.26 Å². The van der Waals surface area contributed by atoms with Gasteiger partial charge in [0.25, 0.3) is 5.22 Å². The van der Waals surface area contributed by atoms with Gasteiger partial charge in [-0.3, -0.25) is 4.79 Å². The van der Waals surface area contributed by atoms with Crippen LogP contribution in [0.2, 0.25) is 0 Å². The molecule has 1 heterocycles. The first kappa shape index (κ1) is 9.98. The molecule has 0 bridgehead atoms. The molecule has 3 nitrogen and oxygen atoms in total. The smallest absolute Gasteiger partial charge is 0.255 e. The maximum Gasteiger partial charge on any atom is 0.255 e. The van der Waals surface area contributed by atoms with E-state index >= 15 is 0 Å². The van der Waals surface area contributed by atoms with Crippen molar-refractivity contribution < 1.29 is 9.21 Å². The van der Waals surface area contributed by atoms with Gasteiger partial charge in [0.05, 0.1) is 6.20 Å². The lowest BCUT2D eigenvalue weighted by atomic mass is 10.1. The molecular weight excluding hydrogens is 210 g/mol. The van der Waals surface area contributed by atoms with Crippen LogP contribution in [-0.2, 0) is 0 Å². The fourth-order valence-electron chi connectivity index (χ4n) is 1.19. The summed E-state index contributed by atoms with van der Waals surface area (Å²) < 4.78 is 5.25. The van der Waals surface area contributed by atoms with Crippen molar-refractivity contribution in [2.24, 2.45) is 0 Å². The van der Waals surface area contributed by atoms with Crippen molar-refractivity contribution in [3.05, 3.63) is 47.9 Å². The van der Waals surface area contributed by atoms with E-state index < -0.39 is 0 Å². The molecule has 0 saturated heterocycles. The number of carbonyl (C=O) groups excluding carboxylic acids is 1. The topological polar surface area (TPSA) is 43.1 Å². The van der Waals surface area contributed by atoms with Gasteiger partial charge >= 0.3 is 0 Å². The fraction of sp³-hybridized carbons (Fsp3) is 0.0909. The molecule has 2 rings (SSSR count). The van der Waals surface area contributed by atoms with Gasteiger partial charge in [0, 0.05) is 5.56 Å². The molecule has 0 radical (unpaired) electrons. The van der Waals surface area contributed by atoms with Crippen molar-refractivity contribution in [2.75, 3.05) is 6.26 Å². The average molecular weight is 219 g/mol. The van der Waals surface area contributed by atoms with E-state index in [1.165, 1.54) is 18.0 Å². The van der Waals surface area contributed by atoms with Gasteiger partial charge in [0.15, 0.2) is 5.76 Å². The number of ketones is 1. The molecule has 76 valence electrons. The minimum absolute atomic E-state index is 0.136. The van der Waals surface area contributed by atoms with Gasteiger partial charge in [-0.25, -0.2) is 4.98 Å². The SMILES string of the molecule is CSc1ncc(C(=O)c2ccccc2)o1. The van der Waals surface area contributed by atoms with Crippen LogP contribution in [0.1, 0.15) is 16.1 Å². The lowest BCUT2D eigenvalue weighted by Gasteiger charge is -1.95. The molecule has 1 aromatic carbocycles. The van der Waals surface area contributed by atoms with Crippen LogP contribution in [0.5, 0.6) is 0 Å². The Bertz CT molecular complexity index is 464. The first-order valence-electron chi connectivity index (χ1n) is 4.41. The summed E-state index contributed by atoms with van der Waals surface area (Å²) >= 11 is 1.37. The lowest BCUT2D eigenvalue weighted by molar-refractivity contribution is 0.100. The first-order valence-corrected chi connectivity index (χ1v) is 5.63. The van der Waals surface area contributed by atoms with Gasteiger partial charge in [-0.15, -0.1) is 0 Å². The van der Waals surface area contributed by atoms with E-state index in [2.05, 4.69) is 4.98 Å². The largest absolute Gasteiger partial charge is 0.428 e. The summed E-state index contributed by atoms with van der Waals surface area (Å²) in [6.07, 6.45) is 3.31. The van der Waals surface area contributed by atoms with Crippen molar-refractivity contribution in [1.29, 1.82) is 0 Å². The highest BCUT2D eigenvalue weighted by atomic mass is 32.2. The number of thioether (sulfide) groups is 1. The van der Waals surface area contributed by atoms with Crippen molar-refractivity contribution >= 4 is 17.5 Å². The zero-order valence-electron chi connectivity index (χ0n) is 8.14. The zero-order chi connectivity index (χ0) is 10.7. The Kier molecular flexibility index (Phi) is 2.87. The van der Waals surface area contributed by atoms with Crippen LogP contribution >= 0.6 is 11.8 Å². The highest BCUT2D eigenvalue weighted by Gasteiger charge is 2.13. The van der Waals surface area contributed by atoms with Gasteiger partial charge in [0.1, 0.15) is 0 Å². The van der Waals surface area contributed by atoms with E-state index in [1.54, 1.807) is 12.1 Å². The molecule has 4 heteroatoms. The van der Waals surface area contributed by atoms with Crippen LogP contribution in [0, 0.1) is 0 Å². The van der Waals surface area contributed by atoms with Crippen molar-refractivity contribution in [3.63, 3.8) is 0 Å². The highest BCUT2D eigenvalue weighted by Crippen LogP contribution is 2.16. The molecule has 2 aromatic rings. The Morgan fingerprint density at radius 1 is 1.33 bits per heavy atom. The molecule has 1 aromatic heterocycles. The van der Waals surface area contributed by atoms with Crippen LogP contribution in [0.4, 0.5) is 0 Å². The monoisotopic (exact) mass is 219 g/mol. The molecule has 0 saturated carbocycles. The van der Waals surface area contributed by atoms with E-state index in [0.717, 1.165) is 0 Å². The Hall–Kier alpha value is -1.55. The summed E-state index contributed by atoms with van der Waals surface area (Å²) in [5.41, 5.74) is 0.612. The van der Waals surface area contributed by atoms with E-state index in [1.807, 2.05) is 24.5 Å². The summed E-state index contributed by atoms with van der Waals surface area (Å²) in [7, 11) is 0. The second-order valence-electron chi connectivity index (χ2n) is 2.89. The lowest BCUT2D eigenvalue weighted by Crippen LogP contribution is -1.98. The average Bonchev–Trinajstić information content (AvgIpc) is 2.78. The zero-order valence-corrected chi connectivity index (χ0v) is 8.95. The van der Waals surface area contributed by atoms with Crippen molar-refractivity contribution in [1.82, 2.24) is 4.98 Å². The molecular formula is C11H9NO2S. The van der Waals surface area contributed by atoms with Crippen LogP contribution < -0.4 is 0 Å². The number of carbonyl (C=O) groups is 1. The van der Waals surface area contributed by atoms with Crippen molar-refractivity contribution in [3.8, 4) is 0 Å². The number of nitrogens with zero attached hydrogens (tertiary/aromatic N) is 1. The number of rotatable bonds is 3. The number of aromatic nitrogens is 1. The maximum absolute atomic E-state index is 11.8. The molecule has 0 amide bonds. The third-order valence-corrected chi connectivity index (χ3v) is 2.46. The predicted octanol–water partition coefficient (Wildman–Crippen LogP) is 2.63. The van der Waals surface area contributed by atoms with Gasteiger partial charge < -0.3 is 4.42 Å². The molecule has 0 aliphatic heterocycles. The summed E-state index contributed by atoms with van der Waals surface area (Å²) in [5, 5.41) is 0.509. The number of benzene rings is 1. The Morgan fingerprint density at radius 2 is 2.07 bits per heavy atom. The van der Waals surface area contributed by atoms with Crippen LogP contribution in [-0.4, -0.2) is 17.0 Å². The molecule has 0 spiro atoms. The molecule has 0 fully saturated rings. The Morgan fingerprint density at radius 3 is 2.67 bits per heavy atom. The van der Waals surface area contributed by atoms with Gasteiger partial charge in [-0.2, -0.15) is 0 Å². The standard InChI is InChI=1S/C11H9NO2S/c1-15-11-12-7-9(14-11)10(13)8-5-3-2-4-6-8/h2-7H,1H3. The minimum atomic E-state index is -0.136. The second kappa shape index (κ2) is 4.31. The third-order valence-electron chi connectivity index (χ3n) is 1.92. The summed E-state index contributed by atoms with van der Waals surface area (Å²) in [6.45, 7) is 0. The van der Waals surface area contributed by atoms with Crippen LogP contribution in [0.3, 0.4) is 0 Å². The molecule has 0 atom stereocenters. The van der Waals surface area contributed by atoms with Crippen molar-refractivity contribution in [2.45, 2.75) is 5.22 Å². The second-order valence-corrected chi connectivity index (χ2v) is 3.65. The minimum Gasteiger partial charge on any atom is -0.428 e. The summed E-state index contributed by atoms with van der Waals surface area (Å²) in [6, 6.07) is 9.01. The Balaban J connectivity index is 2.29. The van der Waals surface area contributed by atoms with E-state index in [-0.39, 0.29) is 11.5 Å². The quantitative estimate of drug-likeness (QED) is 0.588. The normalized spacial score (nSPS) is 10.2. The molecule has 0 aliphatic rings.